The van der Waals surface area contributed by atoms with Crippen LogP contribution in [-0.2, 0) is 6.18 Å². The lowest BCUT2D eigenvalue weighted by atomic mass is 10.3. The maximum absolute atomic E-state index is 12.8. The van der Waals surface area contributed by atoms with Crippen LogP contribution in [0.25, 0.3) is 0 Å². The highest BCUT2D eigenvalue weighted by atomic mass is 127. The number of rotatable bonds is 4. The molecule has 112 valence electrons. The van der Waals surface area contributed by atoms with Crippen LogP contribution in [0.5, 0.6) is 0 Å². The van der Waals surface area contributed by atoms with Gasteiger partial charge in [0.25, 0.3) is 0 Å². The smallest absolute Gasteiger partial charge is 0.370 e. The van der Waals surface area contributed by atoms with E-state index >= 15 is 0 Å². The molecule has 0 aliphatic heterocycles. The monoisotopic (exact) mass is 408 g/mol. The molecule has 1 heterocycles. The molecule has 0 aliphatic carbocycles. The van der Waals surface area contributed by atoms with Crippen molar-refractivity contribution in [3.63, 3.8) is 0 Å². The van der Waals surface area contributed by atoms with Crippen molar-refractivity contribution in [1.82, 2.24) is 9.97 Å². The van der Waals surface area contributed by atoms with Gasteiger partial charge in [0.05, 0.1) is 0 Å². The lowest BCUT2D eigenvalue weighted by molar-refractivity contribution is -0.144. The Kier molecular flexibility index (Phi) is 4.86. The van der Waals surface area contributed by atoms with Gasteiger partial charge in [0.2, 0.25) is 5.82 Å². The summed E-state index contributed by atoms with van der Waals surface area (Å²) in [6, 6.07) is 8.70. The first-order valence-corrected chi connectivity index (χ1v) is 7.19. The molecule has 8 heteroatoms. The summed E-state index contributed by atoms with van der Waals surface area (Å²) in [5, 5.41) is 5.63. The molecule has 1 aromatic carbocycles. The number of halogens is 4. The van der Waals surface area contributed by atoms with Crippen molar-refractivity contribution in [2.24, 2.45) is 0 Å². The molecule has 0 aliphatic rings. The predicted octanol–water partition coefficient (Wildman–Crippen LogP) is 4.28. The van der Waals surface area contributed by atoms with Crippen molar-refractivity contribution >= 4 is 39.9 Å². The normalized spacial score (nSPS) is 11.3. The van der Waals surface area contributed by atoms with Gasteiger partial charge < -0.3 is 10.6 Å². The zero-order valence-electron chi connectivity index (χ0n) is 11.0. The van der Waals surface area contributed by atoms with Crippen LogP contribution in [0.2, 0.25) is 0 Å². The summed E-state index contributed by atoms with van der Waals surface area (Å²) in [6.07, 6.45) is -4.59. The van der Waals surface area contributed by atoms with Gasteiger partial charge in [-0.05, 0) is 47.7 Å². The average molecular weight is 408 g/mol. The van der Waals surface area contributed by atoms with Crippen molar-refractivity contribution in [3.05, 3.63) is 39.7 Å². The molecule has 2 rings (SSSR count). The van der Waals surface area contributed by atoms with Crippen LogP contribution in [-0.4, -0.2) is 16.5 Å². The molecule has 2 aromatic rings. The molecule has 0 saturated heterocycles. The fourth-order valence-corrected chi connectivity index (χ4v) is 2.17. The zero-order valence-corrected chi connectivity index (χ0v) is 13.2. The lowest BCUT2D eigenvalue weighted by Crippen LogP contribution is -2.14. The van der Waals surface area contributed by atoms with Gasteiger partial charge in [-0.15, -0.1) is 0 Å². The second kappa shape index (κ2) is 6.46. The Morgan fingerprint density at radius 1 is 1.14 bits per heavy atom. The number of nitrogens with zero attached hydrogens (tertiary/aromatic N) is 2. The molecule has 0 spiro atoms. The number of anilines is 3. The summed E-state index contributed by atoms with van der Waals surface area (Å²) in [7, 11) is 0. The number of benzene rings is 1. The van der Waals surface area contributed by atoms with E-state index in [-0.39, 0.29) is 11.6 Å². The fraction of sp³-hybridized carbons (Fsp3) is 0.231. The molecular formula is C13H12F3IN4. The van der Waals surface area contributed by atoms with E-state index in [1.807, 2.05) is 12.1 Å². The molecule has 0 amide bonds. The van der Waals surface area contributed by atoms with E-state index in [4.69, 9.17) is 0 Å². The average Bonchev–Trinajstić information content (AvgIpc) is 2.37. The van der Waals surface area contributed by atoms with Gasteiger partial charge in [-0.1, -0.05) is 6.07 Å². The topological polar surface area (TPSA) is 49.8 Å². The molecular weight excluding hydrogens is 396 g/mol. The molecule has 0 radical (unpaired) electrons. The van der Waals surface area contributed by atoms with E-state index in [2.05, 4.69) is 43.2 Å². The SMILES string of the molecule is CCNc1cc(Nc2cccc(I)c2)nc(C(F)(F)F)n1. The van der Waals surface area contributed by atoms with Crippen LogP contribution in [0.4, 0.5) is 30.5 Å². The summed E-state index contributed by atoms with van der Waals surface area (Å²) in [4.78, 5) is 6.99. The van der Waals surface area contributed by atoms with Crippen LogP contribution in [0.15, 0.2) is 30.3 Å². The van der Waals surface area contributed by atoms with E-state index in [0.29, 0.717) is 12.2 Å². The standard InChI is InChI=1S/C13H12F3IN4/c1-2-18-10-7-11(21-12(20-10)13(14,15)16)19-9-5-3-4-8(17)6-9/h3-7H,2H2,1H3,(H2,18,19,20,21). The summed E-state index contributed by atoms with van der Waals surface area (Å²) in [5.74, 6) is -0.947. The molecule has 4 nitrogen and oxygen atoms in total. The maximum atomic E-state index is 12.8. The Hall–Kier alpha value is -1.58. The Labute approximate surface area is 133 Å². The number of alkyl halides is 3. The van der Waals surface area contributed by atoms with Gasteiger partial charge >= 0.3 is 6.18 Å². The number of nitrogens with one attached hydrogen (secondary N) is 2. The maximum Gasteiger partial charge on any atom is 0.451 e. The molecule has 1 aromatic heterocycles. The van der Waals surface area contributed by atoms with Gasteiger partial charge in [0, 0.05) is 21.9 Å². The number of hydrogen-bond donors (Lipinski definition) is 2. The summed E-state index contributed by atoms with van der Waals surface area (Å²) >= 11 is 2.12. The molecule has 0 fully saturated rings. The fourth-order valence-electron chi connectivity index (χ4n) is 1.62. The molecule has 0 unspecified atom stereocenters. The highest BCUT2D eigenvalue weighted by Crippen LogP contribution is 2.29. The van der Waals surface area contributed by atoms with E-state index in [0.717, 1.165) is 3.57 Å². The predicted molar refractivity (Wildman–Crippen MR) is 83.6 cm³/mol. The highest BCUT2D eigenvalue weighted by Gasteiger charge is 2.35. The first-order chi connectivity index (χ1) is 9.88. The van der Waals surface area contributed by atoms with E-state index in [9.17, 15) is 13.2 Å². The lowest BCUT2D eigenvalue weighted by Gasteiger charge is -2.12. The van der Waals surface area contributed by atoms with E-state index in [1.54, 1.807) is 19.1 Å². The summed E-state index contributed by atoms with van der Waals surface area (Å²) < 4.78 is 39.4. The number of aromatic nitrogens is 2. The molecule has 21 heavy (non-hydrogen) atoms. The van der Waals surface area contributed by atoms with Crippen molar-refractivity contribution in [2.45, 2.75) is 13.1 Å². The third kappa shape index (κ3) is 4.45. The molecule has 0 saturated carbocycles. The van der Waals surface area contributed by atoms with Crippen LogP contribution in [0, 0.1) is 3.57 Å². The second-order valence-electron chi connectivity index (χ2n) is 4.13. The van der Waals surface area contributed by atoms with Crippen molar-refractivity contribution in [2.75, 3.05) is 17.2 Å². The van der Waals surface area contributed by atoms with Gasteiger partial charge in [0.15, 0.2) is 0 Å². The minimum Gasteiger partial charge on any atom is -0.370 e. The number of hydrogen-bond acceptors (Lipinski definition) is 4. The Balaban J connectivity index is 2.35. The van der Waals surface area contributed by atoms with Crippen molar-refractivity contribution < 1.29 is 13.2 Å². The Morgan fingerprint density at radius 2 is 1.86 bits per heavy atom. The van der Waals surface area contributed by atoms with E-state index < -0.39 is 12.0 Å². The van der Waals surface area contributed by atoms with E-state index in [1.165, 1.54) is 6.07 Å². The van der Waals surface area contributed by atoms with Crippen LogP contribution in [0.1, 0.15) is 12.7 Å². The van der Waals surface area contributed by atoms with Gasteiger partial charge in [-0.2, -0.15) is 13.2 Å². The highest BCUT2D eigenvalue weighted by molar-refractivity contribution is 14.1. The second-order valence-corrected chi connectivity index (χ2v) is 5.37. The zero-order chi connectivity index (χ0) is 15.5. The van der Waals surface area contributed by atoms with Gasteiger partial charge in [-0.25, -0.2) is 9.97 Å². The molecule has 0 bridgehead atoms. The molecule has 2 N–H and O–H groups in total. The largest absolute Gasteiger partial charge is 0.451 e. The summed E-state index contributed by atoms with van der Waals surface area (Å²) in [5.41, 5.74) is 0.663. The molecule has 0 atom stereocenters. The first-order valence-electron chi connectivity index (χ1n) is 6.11. The van der Waals surface area contributed by atoms with Crippen LogP contribution < -0.4 is 10.6 Å². The van der Waals surface area contributed by atoms with Crippen molar-refractivity contribution in [1.29, 1.82) is 0 Å². The van der Waals surface area contributed by atoms with Crippen molar-refractivity contribution in [3.8, 4) is 0 Å². The quantitative estimate of drug-likeness (QED) is 0.742. The van der Waals surface area contributed by atoms with Gasteiger partial charge in [0.1, 0.15) is 11.6 Å². The van der Waals surface area contributed by atoms with Gasteiger partial charge in [-0.3, -0.25) is 0 Å². The minimum atomic E-state index is -4.59. The Morgan fingerprint density at radius 3 is 2.48 bits per heavy atom. The third-order valence-corrected chi connectivity index (χ3v) is 3.11. The minimum absolute atomic E-state index is 0.0928. The Bertz CT molecular complexity index is 631. The van der Waals surface area contributed by atoms with Crippen LogP contribution in [0.3, 0.4) is 0 Å². The first kappa shape index (κ1) is 15.8. The third-order valence-electron chi connectivity index (χ3n) is 2.43. The summed E-state index contributed by atoms with van der Waals surface area (Å²) in [6.45, 7) is 2.25. The van der Waals surface area contributed by atoms with Crippen LogP contribution >= 0.6 is 22.6 Å².